The fraction of sp³-hybridized carbons (Fsp3) is 0.125. The molecule has 88 valence electrons. The molecule has 2 aromatic rings. The molecule has 8 heteroatoms. The van der Waals surface area contributed by atoms with Crippen LogP contribution in [0.1, 0.15) is 0 Å². The lowest BCUT2D eigenvalue weighted by Crippen LogP contribution is -1.97. The highest BCUT2D eigenvalue weighted by molar-refractivity contribution is 8.14. The zero-order valence-corrected chi connectivity index (χ0v) is 10.5. The second kappa shape index (κ2) is 4.48. The van der Waals surface area contributed by atoms with Crippen LogP contribution < -0.4 is 4.74 Å². The van der Waals surface area contributed by atoms with Crippen molar-refractivity contribution in [1.29, 1.82) is 0 Å². The molecule has 0 bridgehead atoms. The van der Waals surface area contributed by atoms with Gasteiger partial charge in [0.1, 0.15) is 11.3 Å². The number of halogens is 2. The van der Waals surface area contributed by atoms with Gasteiger partial charge in [0.15, 0.2) is 4.90 Å². The highest BCUT2D eigenvalue weighted by Crippen LogP contribution is 2.32. The quantitative estimate of drug-likeness (QED) is 0.855. The van der Waals surface area contributed by atoms with E-state index in [1.807, 2.05) is 0 Å². The third-order valence-corrected chi connectivity index (χ3v) is 3.32. The van der Waals surface area contributed by atoms with Crippen LogP contribution in [0.5, 0.6) is 5.75 Å². The number of aromatic amines is 1. The Labute approximate surface area is 103 Å². The van der Waals surface area contributed by atoms with Crippen LogP contribution in [0.15, 0.2) is 23.4 Å². The van der Waals surface area contributed by atoms with Gasteiger partial charge in [-0.2, -0.15) is 0 Å². The van der Waals surface area contributed by atoms with Gasteiger partial charge in [0.25, 0.3) is 9.05 Å². The van der Waals surface area contributed by atoms with Crippen molar-refractivity contribution in [3.05, 3.63) is 18.5 Å². The van der Waals surface area contributed by atoms with Gasteiger partial charge in [-0.25, -0.2) is 13.4 Å². The van der Waals surface area contributed by atoms with Crippen molar-refractivity contribution < 1.29 is 13.2 Å². The zero-order chi connectivity index (χ0) is 11.1. The first-order chi connectivity index (χ1) is 7.04. The summed E-state index contributed by atoms with van der Waals surface area (Å²) < 4.78 is 27.6. The molecule has 0 aliphatic heterocycles. The van der Waals surface area contributed by atoms with Crippen LogP contribution in [0.4, 0.5) is 0 Å². The van der Waals surface area contributed by atoms with Crippen molar-refractivity contribution in [2.45, 2.75) is 4.90 Å². The minimum absolute atomic E-state index is 0. The summed E-state index contributed by atoms with van der Waals surface area (Å²) in [6, 6.07) is 3.20. The van der Waals surface area contributed by atoms with Gasteiger partial charge < -0.3 is 9.72 Å². The molecule has 0 saturated carbocycles. The topological polar surface area (TPSA) is 72.0 Å². The number of nitrogens with one attached hydrogen (secondary N) is 1. The Balaban J connectivity index is 0.00000128. The standard InChI is InChI=1S/C8H7ClN2O3S.ClH/c1-14-6-3-2-5-7(11-4-10-5)8(6)15(9,12)13;/h2-4H,1H3,(H,10,11);1H. The maximum Gasteiger partial charge on any atom is 0.267 e. The summed E-state index contributed by atoms with van der Waals surface area (Å²) in [5.74, 6) is 0.185. The Morgan fingerprint density at radius 2 is 2.12 bits per heavy atom. The predicted octanol–water partition coefficient (Wildman–Crippen LogP) is 1.92. The third-order valence-electron chi connectivity index (χ3n) is 1.97. The molecular weight excluding hydrogens is 275 g/mol. The van der Waals surface area contributed by atoms with E-state index >= 15 is 0 Å². The van der Waals surface area contributed by atoms with Gasteiger partial charge in [0.2, 0.25) is 0 Å². The average molecular weight is 283 g/mol. The van der Waals surface area contributed by atoms with Gasteiger partial charge in [-0.1, -0.05) is 0 Å². The van der Waals surface area contributed by atoms with E-state index < -0.39 is 9.05 Å². The zero-order valence-electron chi connectivity index (χ0n) is 8.10. The van der Waals surface area contributed by atoms with Crippen molar-refractivity contribution in [1.82, 2.24) is 9.97 Å². The summed E-state index contributed by atoms with van der Waals surface area (Å²) in [5.41, 5.74) is 0.874. The van der Waals surface area contributed by atoms with Crippen LogP contribution in [0.3, 0.4) is 0 Å². The van der Waals surface area contributed by atoms with Crippen LogP contribution in [0.25, 0.3) is 11.0 Å². The molecule has 0 amide bonds. The Hall–Kier alpha value is -0.980. The summed E-state index contributed by atoms with van der Waals surface area (Å²) in [5, 5.41) is 0. The lowest BCUT2D eigenvalue weighted by Gasteiger charge is -2.05. The number of hydrogen-bond donors (Lipinski definition) is 1. The SMILES string of the molecule is COc1ccc2[nH]cnc2c1S(=O)(=O)Cl.Cl. The molecule has 2 rings (SSSR count). The number of benzene rings is 1. The number of ether oxygens (including phenoxy) is 1. The first kappa shape index (κ1) is 13.1. The smallest absolute Gasteiger partial charge is 0.267 e. The van der Waals surface area contributed by atoms with Crippen molar-refractivity contribution in [2.75, 3.05) is 7.11 Å². The molecule has 1 heterocycles. The van der Waals surface area contributed by atoms with Crippen molar-refractivity contribution in [3.63, 3.8) is 0 Å². The summed E-state index contributed by atoms with van der Waals surface area (Å²) in [6.07, 6.45) is 1.40. The highest BCUT2D eigenvalue weighted by atomic mass is 35.7. The number of methoxy groups -OCH3 is 1. The van der Waals surface area contributed by atoms with Crippen molar-refractivity contribution in [3.8, 4) is 5.75 Å². The maximum absolute atomic E-state index is 11.4. The van der Waals surface area contributed by atoms with Crippen LogP contribution in [-0.4, -0.2) is 25.5 Å². The van der Waals surface area contributed by atoms with E-state index in [0.717, 1.165) is 0 Å². The molecule has 5 nitrogen and oxygen atoms in total. The second-order valence-corrected chi connectivity index (χ2v) is 5.34. The number of aromatic nitrogens is 2. The number of hydrogen-bond acceptors (Lipinski definition) is 4. The van der Waals surface area contributed by atoms with Crippen LogP contribution in [0.2, 0.25) is 0 Å². The highest BCUT2D eigenvalue weighted by Gasteiger charge is 2.21. The summed E-state index contributed by atoms with van der Waals surface area (Å²) >= 11 is 0. The molecule has 0 spiro atoms. The summed E-state index contributed by atoms with van der Waals surface area (Å²) in [7, 11) is 2.81. The predicted molar refractivity (Wildman–Crippen MR) is 62.9 cm³/mol. The van der Waals surface area contributed by atoms with E-state index in [0.29, 0.717) is 5.52 Å². The van der Waals surface area contributed by atoms with Gasteiger partial charge in [-0.15, -0.1) is 12.4 Å². The van der Waals surface area contributed by atoms with E-state index in [1.54, 1.807) is 6.07 Å². The van der Waals surface area contributed by atoms with Gasteiger partial charge in [-0.3, -0.25) is 0 Å². The first-order valence-corrected chi connectivity index (χ1v) is 6.29. The largest absolute Gasteiger partial charge is 0.495 e. The van der Waals surface area contributed by atoms with E-state index in [2.05, 4.69) is 9.97 Å². The number of H-pyrrole nitrogens is 1. The lowest BCUT2D eigenvalue weighted by atomic mass is 10.3. The fourth-order valence-electron chi connectivity index (χ4n) is 1.36. The molecule has 1 aromatic heterocycles. The van der Waals surface area contributed by atoms with E-state index in [-0.39, 0.29) is 28.6 Å². The molecule has 1 aromatic carbocycles. The van der Waals surface area contributed by atoms with E-state index in [9.17, 15) is 8.42 Å². The molecule has 0 saturated heterocycles. The van der Waals surface area contributed by atoms with Gasteiger partial charge in [-0.05, 0) is 12.1 Å². The molecule has 16 heavy (non-hydrogen) atoms. The number of fused-ring (bicyclic) bond motifs is 1. The molecule has 0 unspecified atom stereocenters. The third kappa shape index (κ3) is 2.09. The Bertz CT molecular complexity index is 609. The molecular formula is C8H8Cl2N2O3S. The van der Waals surface area contributed by atoms with Crippen molar-refractivity contribution >= 4 is 43.2 Å². The number of nitrogens with zero attached hydrogens (tertiary/aromatic N) is 1. The number of rotatable bonds is 2. The van der Waals surface area contributed by atoms with Crippen molar-refractivity contribution in [2.24, 2.45) is 0 Å². The van der Waals surface area contributed by atoms with Gasteiger partial charge >= 0.3 is 0 Å². The normalized spacial score (nSPS) is 11.1. The van der Waals surface area contributed by atoms with Gasteiger partial charge in [0, 0.05) is 10.7 Å². The fourth-order valence-corrected chi connectivity index (χ4v) is 2.59. The van der Waals surface area contributed by atoms with E-state index in [1.165, 1.54) is 19.5 Å². The Morgan fingerprint density at radius 3 is 2.69 bits per heavy atom. The van der Waals surface area contributed by atoms with Gasteiger partial charge in [0.05, 0.1) is 19.0 Å². The number of imidazole rings is 1. The van der Waals surface area contributed by atoms with Crippen LogP contribution in [-0.2, 0) is 9.05 Å². The average Bonchev–Trinajstić information content (AvgIpc) is 2.61. The molecule has 0 fully saturated rings. The van der Waals surface area contributed by atoms with E-state index in [4.69, 9.17) is 15.4 Å². The molecule has 0 atom stereocenters. The summed E-state index contributed by atoms with van der Waals surface area (Å²) in [6.45, 7) is 0. The Morgan fingerprint density at radius 1 is 1.44 bits per heavy atom. The molecule has 0 radical (unpaired) electrons. The minimum atomic E-state index is -3.88. The maximum atomic E-state index is 11.4. The first-order valence-electron chi connectivity index (χ1n) is 3.99. The van der Waals surface area contributed by atoms with Crippen LogP contribution in [0, 0.1) is 0 Å². The minimum Gasteiger partial charge on any atom is -0.495 e. The lowest BCUT2D eigenvalue weighted by molar-refractivity contribution is 0.404. The van der Waals surface area contributed by atoms with Crippen LogP contribution >= 0.6 is 23.1 Å². The molecule has 1 N–H and O–H groups in total. The molecule has 0 aliphatic carbocycles. The Kier molecular flexibility index (Phi) is 3.67. The molecule has 0 aliphatic rings. The summed E-state index contributed by atoms with van der Waals surface area (Å²) in [4.78, 5) is 6.58. The monoisotopic (exact) mass is 282 g/mol. The second-order valence-electron chi connectivity index (χ2n) is 2.83.